The third kappa shape index (κ3) is 6.18. The Morgan fingerprint density at radius 3 is 2.29 bits per heavy atom. The third-order valence-electron chi connectivity index (χ3n) is 6.92. The minimum absolute atomic E-state index is 0.148. The number of aromatic nitrogens is 1. The molecule has 206 valence electrons. The van der Waals surface area contributed by atoms with Gasteiger partial charge in [-0.2, -0.15) is 5.26 Å². The van der Waals surface area contributed by atoms with E-state index in [2.05, 4.69) is 10.3 Å². The molecule has 0 radical (unpaired) electrons. The van der Waals surface area contributed by atoms with Crippen molar-refractivity contribution in [2.45, 2.75) is 68.0 Å². The smallest absolute Gasteiger partial charge is 0.310 e. The number of anilines is 1. The summed E-state index contributed by atoms with van der Waals surface area (Å²) in [5.74, 6) is -1.27. The molecule has 1 aromatic carbocycles. The lowest BCUT2D eigenvalue weighted by atomic mass is 9.94. The van der Waals surface area contributed by atoms with Crippen molar-refractivity contribution in [3.63, 3.8) is 0 Å². The molecule has 1 saturated heterocycles. The van der Waals surface area contributed by atoms with Gasteiger partial charge in [-0.3, -0.25) is 24.4 Å². The van der Waals surface area contributed by atoms with Crippen LogP contribution < -0.4 is 10.2 Å². The Morgan fingerprint density at radius 2 is 1.71 bits per heavy atom. The number of rotatable bonds is 7. The first kappa shape index (κ1) is 27.6. The zero-order valence-electron chi connectivity index (χ0n) is 20.4. The lowest BCUT2D eigenvalue weighted by Gasteiger charge is -2.41. The van der Waals surface area contributed by atoms with E-state index in [0.717, 1.165) is 49.1 Å². The summed E-state index contributed by atoms with van der Waals surface area (Å²) in [6.07, 6.45) is 9.93. The number of amides is 2. The molecule has 2 amide bonds. The molecule has 1 saturated carbocycles. The van der Waals surface area contributed by atoms with Crippen LogP contribution in [-0.4, -0.2) is 40.3 Å². The number of hydrogen-bond acceptors (Lipinski definition) is 5. The molecule has 0 spiro atoms. The quantitative estimate of drug-likeness (QED) is 0.323. The van der Waals surface area contributed by atoms with Crippen LogP contribution in [0.15, 0.2) is 53.7 Å². The Bertz CT molecular complexity index is 1220. The van der Waals surface area contributed by atoms with Crippen molar-refractivity contribution < 1.29 is 29.0 Å². The average molecular weight is 558 g/mol. The molecule has 2 fully saturated rings. The Labute approximate surface area is 217 Å². The highest BCUT2D eigenvalue weighted by atomic mass is 32.5. The first-order valence-corrected chi connectivity index (χ1v) is 14.3. The first-order chi connectivity index (χ1) is 17.8. The van der Waals surface area contributed by atoms with Crippen LogP contribution in [0.3, 0.4) is 0 Å². The van der Waals surface area contributed by atoms with Gasteiger partial charge < -0.3 is 5.32 Å². The van der Waals surface area contributed by atoms with Crippen molar-refractivity contribution in [1.82, 2.24) is 15.2 Å². The van der Waals surface area contributed by atoms with E-state index in [1.807, 2.05) is 6.19 Å². The molecule has 13 heteroatoms. The summed E-state index contributed by atoms with van der Waals surface area (Å²) in [4.78, 5) is 31.8. The monoisotopic (exact) mass is 557 g/mol. The van der Waals surface area contributed by atoms with Gasteiger partial charge in [-0.1, -0.05) is 44.8 Å². The number of nitrogens with zero attached hydrogens (tertiary/aromatic N) is 4. The van der Waals surface area contributed by atoms with Gasteiger partial charge in [-0.15, -0.1) is 0 Å². The van der Waals surface area contributed by atoms with Crippen molar-refractivity contribution in [3.05, 3.63) is 54.4 Å². The standard InChI is InChI=1S/C25H28F5N5O2S/c26-38(27,28,29,30)21-12-10-20(11-13-21)35(25(37)22-9-5-15-34(22)17-31)23(18-6-4-14-32-16-18)24(36)33-19-7-2-1-3-8-19/h4,6,10-14,16,19,22-23H,1-3,5,7-9,15H2,(H,33,36)/t22-,23?/m1/s1. The fraction of sp³-hybridized carbons (Fsp3) is 0.440. The van der Waals surface area contributed by atoms with Gasteiger partial charge in [-0.05, 0) is 56.0 Å². The highest BCUT2D eigenvalue weighted by Gasteiger charge is 2.65. The summed E-state index contributed by atoms with van der Waals surface area (Å²) >= 11 is 0. The predicted molar refractivity (Wildman–Crippen MR) is 133 cm³/mol. The van der Waals surface area contributed by atoms with Crippen molar-refractivity contribution in [2.24, 2.45) is 0 Å². The molecule has 38 heavy (non-hydrogen) atoms. The molecule has 1 aliphatic carbocycles. The van der Waals surface area contributed by atoms with Gasteiger partial charge >= 0.3 is 10.2 Å². The Hall–Kier alpha value is -3.40. The van der Waals surface area contributed by atoms with E-state index in [0.29, 0.717) is 13.0 Å². The molecule has 1 aromatic heterocycles. The first-order valence-electron chi connectivity index (χ1n) is 12.3. The van der Waals surface area contributed by atoms with Crippen LogP contribution in [0, 0.1) is 11.5 Å². The number of nitriles is 1. The molecular formula is C25H28F5N5O2S. The minimum Gasteiger partial charge on any atom is -0.351 e. The van der Waals surface area contributed by atoms with Crippen molar-refractivity contribution >= 4 is 27.7 Å². The largest absolute Gasteiger partial charge is 0.351 e. The fourth-order valence-electron chi connectivity index (χ4n) is 5.05. The summed E-state index contributed by atoms with van der Waals surface area (Å²) in [6, 6.07) is 2.58. The van der Waals surface area contributed by atoms with Gasteiger partial charge in [0.1, 0.15) is 17.0 Å². The molecule has 7 nitrogen and oxygen atoms in total. The molecule has 2 heterocycles. The molecular weight excluding hydrogens is 529 g/mol. The molecule has 2 aromatic rings. The van der Waals surface area contributed by atoms with Crippen molar-refractivity contribution in [2.75, 3.05) is 11.4 Å². The highest BCUT2D eigenvalue weighted by molar-refractivity contribution is 8.45. The van der Waals surface area contributed by atoms with Crippen LogP contribution in [-0.2, 0) is 9.59 Å². The lowest BCUT2D eigenvalue weighted by Crippen LogP contribution is -2.51. The Balaban J connectivity index is 1.81. The van der Waals surface area contributed by atoms with Gasteiger partial charge in [0.2, 0.25) is 5.91 Å². The van der Waals surface area contributed by atoms with E-state index in [-0.39, 0.29) is 35.8 Å². The number of carbonyl (C=O) groups is 2. The summed E-state index contributed by atoms with van der Waals surface area (Å²) in [7, 11) is -9.97. The van der Waals surface area contributed by atoms with E-state index in [4.69, 9.17) is 0 Å². The van der Waals surface area contributed by atoms with Crippen molar-refractivity contribution in [3.8, 4) is 6.19 Å². The summed E-state index contributed by atoms with van der Waals surface area (Å²) < 4.78 is 67.0. The zero-order chi connectivity index (χ0) is 27.6. The van der Waals surface area contributed by atoms with Crippen molar-refractivity contribution in [1.29, 1.82) is 5.26 Å². The summed E-state index contributed by atoms with van der Waals surface area (Å²) in [6.45, 7) is 0.301. The third-order valence-corrected chi connectivity index (χ3v) is 8.09. The van der Waals surface area contributed by atoms with Gasteiger partial charge in [0.15, 0.2) is 6.19 Å². The number of pyridine rings is 1. The zero-order valence-corrected chi connectivity index (χ0v) is 21.2. The number of halogens is 5. The summed E-state index contributed by atoms with van der Waals surface area (Å²) in [5.41, 5.74) is 0.102. The molecule has 1 unspecified atom stereocenters. The van der Waals surface area contributed by atoms with Crippen LogP contribution >= 0.6 is 10.2 Å². The highest BCUT2D eigenvalue weighted by Crippen LogP contribution is 3.02. The second kappa shape index (κ2) is 9.72. The SMILES string of the molecule is N#CN1CCC[C@@H]1C(=O)N(c1ccc(S(F)(F)(F)(F)F)cc1)C(C(=O)NC1CCCCC1)c1cccnc1. The summed E-state index contributed by atoms with van der Waals surface area (Å²) in [5, 5.41) is 12.5. The average Bonchev–Trinajstić information content (AvgIpc) is 3.36. The number of benzene rings is 1. The van der Waals surface area contributed by atoms with Crippen LogP contribution in [0.1, 0.15) is 56.6 Å². The fourth-order valence-corrected chi connectivity index (χ4v) is 5.70. The van der Waals surface area contributed by atoms with E-state index in [9.17, 15) is 34.3 Å². The molecule has 1 N–H and O–H groups in total. The lowest BCUT2D eigenvalue weighted by molar-refractivity contribution is -0.128. The molecule has 1 aliphatic heterocycles. The minimum atomic E-state index is -9.97. The van der Waals surface area contributed by atoms with Crippen LogP contribution in [0.25, 0.3) is 0 Å². The normalized spacial score (nSPS) is 21.1. The number of hydrogen-bond donors (Lipinski definition) is 1. The van der Waals surface area contributed by atoms with Crippen LogP contribution in [0.4, 0.5) is 25.1 Å². The number of nitrogens with one attached hydrogen (secondary N) is 1. The second-order valence-corrected chi connectivity index (χ2v) is 12.1. The Morgan fingerprint density at radius 1 is 1.03 bits per heavy atom. The maximum Gasteiger partial charge on any atom is 0.310 e. The van der Waals surface area contributed by atoms with E-state index < -0.39 is 39.0 Å². The van der Waals surface area contributed by atoms with Crippen LogP contribution in [0.2, 0.25) is 0 Å². The second-order valence-electron chi connectivity index (χ2n) is 9.65. The predicted octanol–water partition coefficient (Wildman–Crippen LogP) is 6.21. The molecule has 2 atom stereocenters. The topological polar surface area (TPSA) is 89.3 Å². The Kier molecular flexibility index (Phi) is 7.07. The van der Waals surface area contributed by atoms with Gasteiger partial charge in [0.25, 0.3) is 5.91 Å². The maximum atomic E-state index is 13.9. The van der Waals surface area contributed by atoms with Gasteiger partial charge in [0, 0.05) is 36.2 Å². The maximum absolute atomic E-state index is 13.9. The van der Waals surface area contributed by atoms with Gasteiger partial charge in [0.05, 0.1) is 0 Å². The molecule has 0 bridgehead atoms. The molecule has 2 aliphatic rings. The van der Waals surface area contributed by atoms with Gasteiger partial charge in [-0.25, -0.2) is 0 Å². The number of likely N-dealkylation sites (tertiary alicyclic amines) is 1. The molecule has 4 rings (SSSR count). The van der Waals surface area contributed by atoms with Crippen LogP contribution in [0.5, 0.6) is 0 Å². The van der Waals surface area contributed by atoms with E-state index >= 15 is 0 Å². The number of carbonyl (C=O) groups excluding carboxylic acids is 2. The van der Waals surface area contributed by atoms with E-state index in [1.165, 1.54) is 17.3 Å². The van der Waals surface area contributed by atoms with E-state index in [1.54, 1.807) is 12.1 Å².